The molecule has 60 valence electrons. The molecule has 1 nitrogen and oxygen atoms in total. The maximum Gasteiger partial charge on any atom is 0.120 e. The molecule has 0 saturated heterocycles. The highest BCUT2D eigenvalue weighted by Gasteiger charge is 1.91. The second-order valence-corrected chi connectivity index (χ2v) is 3.72. The molecule has 1 aromatic carbocycles. The SMILES string of the molecule is SCCOc1cccc(I)c1. The highest BCUT2D eigenvalue weighted by atomic mass is 127. The Morgan fingerprint density at radius 3 is 2.91 bits per heavy atom. The zero-order valence-corrected chi connectivity index (χ0v) is 9.01. The van der Waals surface area contributed by atoms with Gasteiger partial charge >= 0.3 is 0 Å². The van der Waals surface area contributed by atoms with Crippen LogP contribution in [0.2, 0.25) is 0 Å². The van der Waals surface area contributed by atoms with Gasteiger partial charge in [-0.3, -0.25) is 0 Å². The summed E-state index contributed by atoms with van der Waals surface area (Å²) >= 11 is 6.31. The predicted molar refractivity (Wildman–Crippen MR) is 58.5 cm³/mol. The summed E-state index contributed by atoms with van der Waals surface area (Å²) in [6, 6.07) is 7.97. The molecule has 11 heavy (non-hydrogen) atoms. The Morgan fingerprint density at radius 1 is 1.45 bits per heavy atom. The average molecular weight is 280 g/mol. The first-order chi connectivity index (χ1) is 5.33. The summed E-state index contributed by atoms with van der Waals surface area (Å²) in [6.07, 6.45) is 0. The van der Waals surface area contributed by atoms with E-state index in [0.29, 0.717) is 6.61 Å². The summed E-state index contributed by atoms with van der Waals surface area (Å²) in [6.45, 7) is 0.670. The van der Waals surface area contributed by atoms with Crippen molar-refractivity contribution in [2.24, 2.45) is 0 Å². The van der Waals surface area contributed by atoms with E-state index in [1.54, 1.807) is 0 Å². The van der Waals surface area contributed by atoms with E-state index < -0.39 is 0 Å². The Labute approximate surface area is 85.7 Å². The maximum atomic E-state index is 5.35. The van der Waals surface area contributed by atoms with Gasteiger partial charge in [-0.2, -0.15) is 12.6 Å². The van der Waals surface area contributed by atoms with E-state index >= 15 is 0 Å². The number of hydrogen-bond acceptors (Lipinski definition) is 2. The molecule has 0 unspecified atom stereocenters. The van der Waals surface area contributed by atoms with Crippen molar-refractivity contribution in [1.29, 1.82) is 0 Å². The predicted octanol–water partition coefficient (Wildman–Crippen LogP) is 2.60. The lowest BCUT2D eigenvalue weighted by atomic mass is 10.3. The molecule has 0 aliphatic heterocycles. The highest BCUT2D eigenvalue weighted by molar-refractivity contribution is 14.1. The van der Waals surface area contributed by atoms with Crippen LogP contribution in [0.3, 0.4) is 0 Å². The van der Waals surface area contributed by atoms with Crippen LogP contribution in [0.4, 0.5) is 0 Å². The summed E-state index contributed by atoms with van der Waals surface area (Å²) in [5, 5.41) is 0. The number of thiol groups is 1. The van der Waals surface area contributed by atoms with Gasteiger partial charge in [0.25, 0.3) is 0 Å². The monoisotopic (exact) mass is 280 g/mol. The fourth-order valence-corrected chi connectivity index (χ4v) is 1.33. The van der Waals surface area contributed by atoms with Crippen LogP contribution in [0, 0.1) is 3.57 Å². The number of halogens is 1. The van der Waals surface area contributed by atoms with E-state index in [9.17, 15) is 0 Å². The first-order valence-electron chi connectivity index (χ1n) is 3.32. The van der Waals surface area contributed by atoms with Crippen LogP contribution in [0.25, 0.3) is 0 Å². The fraction of sp³-hybridized carbons (Fsp3) is 0.250. The van der Waals surface area contributed by atoms with E-state index in [0.717, 1.165) is 11.5 Å². The lowest BCUT2D eigenvalue weighted by Gasteiger charge is -2.03. The van der Waals surface area contributed by atoms with Crippen molar-refractivity contribution in [2.45, 2.75) is 0 Å². The third kappa shape index (κ3) is 3.33. The second-order valence-electron chi connectivity index (χ2n) is 2.03. The van der Waals surface area contributed by atoms with Gasteiger partial charge in [-0.25, -0.2) is 0 Å². The molecule has 0 heterocycles. The maximum absolute atomic E-state index is 5.35. The number of hydrogen-bond donors (Lipinski definition) is 1. The summed E-state index contributed by atoms with van der Waals surface area (Å²) in [5.41, 5.74) is 0. The standard InChI is InChI=1S/C8H9IOS/c9-7-2-1-3-8(6-7)10-4-5-11/h1-3,6,11H,4-5H2. The Morgan fingerprint density at radius 2 is 2.27 bits per heavy atom. The molecule has 0 aromatic heterocycles. The lowest BCUT2D eigenvalue weighted by Crippen LogP contribution is -1.97. The van der Waals surface area contributed by atoms with Gasteiger partial charge < -0.3 is 4.74 Å². The summed E-state index contributed by atoms with van der Waals surface area (Å²) in [4.78, 5) is 0. The van der Waals surface area contributed by atoms with E-state index in [2.05, 4.69) is 35.2 Å². The van der Waals surface area contributed by atoms with Crippen molar-refractivity contribution in [2.75, 3.05) is 12.4 Å². The minimum Gasteiger partial charge on any atom is -0.493 e. The van der Waals surface area contributed by atoms with Gasteiger partial charge in [-0.15, -0.1) is 0 Å². The minimum atomic E-state index is 0.670. The van der Waals surface area contributed by atoms with E-state index in [4.69, 9.17) is 4.74 Å². The third-order valence-corrected chi connectivity index (χ3v) is 2.01. The normalized spacial score (nSPS) is 9.64. The third-order valence-electron chi connectivity index (χ3n) is 1.16. The van der Waals surface area contributed by atoms with Crippen LogP contribution in [0.5, 0.6) is 5.75 Å². The molecule has 0 N–H and O–H groups in total. The average Bonchev–Trinajstić information content (AvgIpc) is 2.01. The molecule has 0 aliphatic rings. The van der Waals surface area contributed by atoms with Gasteiger partial charge in [0, 0.05) is 9.32 Å². The van der Waals surface area contributed by atoms with E-state index in [1.807, 2.05) is 24.3 Å². The van der Waals surface area contributed by atoms with Crippen LogP contribution in [-0.4, -0.2) is 12.4 Å². The lowest BCUT2D eigenvalue weighted by molar-refractivity contribution is 0.344. The number of benzene rings is 1. The van der Waals surface area contributed by atoms with Crippen molar-refractivity contribution >= 4 is 35.2 Å². The fourth-order valence-electron chi connectivity index (χ4n) is 0.720. The Kier molecular flexibility index (Phi) is 4.07. The molecule has 3 heteroatoms. The zero-order chi connectivity index (χ0) is 8.10. The van der Waals surface area contributed by atoms with Gasteiger partial charge in [0.05, 0.1) is 6.61 Å². The zero-order valence-electron chi connectivity index (χ0n) is 5.96. The Balaban J connectivity index is 2.56. The quantitative estimate of drug-likeness (QED) is 0.661. The van der Waals surface area contributed by atoms with Crippen molar-refractivity contribution < 1.29 is 4.74 Å². The van der Waals surface area contributed by atoms with Gasteiger partial charge in [-0.1, -0.05) is 6.07 Å². The van der Waals surface area contributed by atoms with Crippen LogP contribution >= 0.6 is 35.2 Å². The molecule has 0 amide bonds. The number of ether oxygens (including phenoxy) is 1. The van der Waals surface area contributed by atoms with Crippen LogP contribution in [-0.2, 0) is 0 Å². The molecule has 0 spiro atoms. The largest absolute Gasteiger partial charge is 0.493 e. The summed E-state index contributed by atoms with van der Waals surface area (Å²) < 4.78 is 6.55. The molecule has 1 aromatic rings. The van der Waals surface area contributed by atoms with Gasteiger partial charge in [-0.05, 0) is 40.8 Å². The molecule has 0 atom stereocenters. The second kappa shape index (κ2) is 4.87. The first-order valence-corrected chi connectivity index (χ1v) is 5.03. The summed E-state index contributed by atoms with van der Waals surface area (Å²) in [7, 11) is 0. The molecule has 0 fully saturated rings. The first kappa shape index (κ1) is 9.19. The topological polar surface area (TPSA) is 9.23 Å². The molecule has 0 saturated carbocycles. The van der Waals surface area contributed by atoms with Gasteiger partial charge in [0.2, 0.25) is 0 Å². The molecule has 0 bridgehead atoms. The molecule has 0 radical (unpaired) electrons. The highest BCUT2D eigenvalue weighted by Crippen LogP contribution is 2.14. The van der Waals surface area contributed by atoms with Gasteiger partial charge in [0.1, 0.15) is 5.75 Å². The minimum absolute atomic E-state index is 0.670. The molecule has 1 rings (SSSR count). The molecular formula is C8H9IOS. The molecule has 0 aliphatic carbocycles. The van der Waals surface area contributed by atoms with Crippen LogP contribution < -0.4 is 4.74 Å². The van der Waals surface area contributed by atoms with Crippen molar-refractivity contribution in [3.8, 4) is 5.75 Å². The van der Waals surface area contributed by atoms with Crippen LogP contribution in [0.1, 0.15) is 0 Å². The smallest absolute Gasteiger partial charge is 0.120 e. The van der Waals surface area contributed by atoms with E-state index in [1.165, 1.54) is 3.57 Å². The van der Waals surface area contributed by atoms with Crippen molar-refractivity contribution in [3.63, 3.8) is 0 Å². The molecular weight excluding hydrogens is 271 g/mol. The van der Waals surface area contributed by atoms with Crippen LogP contribution in [0.15, 0.2) is 24.3 Å². The van der Waals surface area contributed by atoms with Crippen molar-refractivity contribution in [3.05, 3.63) is 27.8 Å². The van der Waals surface area contributed by atoms with E-state index in [-0.39, 0.29) is 0 Å². The van der Waals surface area contributed by atoms with Gasteiger partial charge in [0.15, 0.2) is 0 Å². The Hall–Kier alpha value is 0.100. The van der Waals surface area contributed by atoms with Crippen molar-refractivity contribution in [1.82, 2.24) is 0 Å². The Bertz CT molecular complexity index is 227. The number of rotatable bonds is 3. The summed E-state index contributed by atoms with van der Waals surface area (Å²) in [5.74, 6) is 1.68.